The van der Waals surface area contributed by atoms with E-state index in [1.807, 2.05) is 0 Å². The molecule has 3 aliphatic carbocycles. The summed E-state index contributed by atoms with van der Waals surface area (Å²) in [6, 6.07) is 21.9. The minimum Gasteiger partial charge on any atom is -0.315 e. The molecule has 3 aliphatic rings. The van der Waals surface area contributed by atoms with E-state index in [0.29, 0.717) is 11.3 Å². The van der Waals surface area contributed by atoms with Crippen LogP contribution in [0.2, 0.25) is 0 Å². The Morgan fingerprint density at radius 3 is 2.03 bits per heavy atom. The van der Waals surface area contributed by atoms with Gasteiger partial charge in [-0.3, -0.25) is 0 Å². The normalized spacial score (nSPS) is 25.0. The Morgan fingerprint density at radius 2 is 1.45 bits per heavy atom. The molecule has 3 unspecified atom stereocenters. The highest BCUT2D eigenvalue weighted by Gasteiger charge is 2.53. The molecule has 0 spiro atoms. The van der Waals surface area contributed by atoms with Gasteiger partial charge in [0, 0.05) is 19.0 Å². The molecule has 3 fully saturated rings. The van der Waals surface area contributed by atoms with E-state index in [4.69, 9.17) is 0 Å². The first-order chi connectivity index (χ1) is 14.2. The van der Waals surface area contributed by atoms with Crippen LogP contribution in [0.25, 0.3) is 0 Å². The maximum absolute atomic E-state index is 3.74. The molecule has 0 saturated heterocycles. The summed E-state index contributed by atoms with van der Waals surface area (Å²) in [5.41, 5.74) is 3.43. The molecule has 3 saturated carbocycles. The molecule has 0 radical (unpaired) electrons. The lowest BCUT2D eigenvalue weighted by molar-refractivity contribution is -0.103. The summed E-state index contributed by atoms with van der Waals surface area (Å²) >= 11 is 0. The van der Waals surface area contributed by atoms with E-state index < -0.39 is 0 Å². The van der Waals surface area contributed by atoms with E-state index in [1.54, 1.807) is 0 Å². The predicted octanol–water partition coefficient (Wildman–Crippen LogP) is 5.46. The summed E-state index contributed by atoms with van der Waals surface area (Å²) in [6.45, 7) is 9.38. The van der Waals surface area contributed by atoms with Gasteiger partial charge in [-0.2, -0.15) is 0 Å². The first-order valence-electron chi connectivity index (χ1n) is 11.7. The van der Waals surface area contributed by atoms with Crippen LogP contribution < -0.4 is 10.6 Å². The van der Waals surface area contributed by atoms with Gasteiger partial charge in [0.05, 0.1) is 0 Å². The van der Waals surface area contributed by atoms with Crippen LogP contribution in [0.15, 0.2) is 60.7 Å². The maximum atomic E-state index is 3.74. The largest absolute Gasteiger partial charge is 0.315 e. The molecule has 0 amide bonds. The summed E-state index contributed by atoms with van der Waals surface area (Å²) in [7, 11) is 0. The van der Waals surface area contributed by atoms with E-state index in [-0.39, 0.29) is 0 Å². The molecule has 29 heavy (non-hydrogen) atoms. The molecule has 0 heterocycles. The average Bonchev–Trinajstić information content (AvgIpc) is 2.77. The van der Waals surface area contributed by atoms with Crippen molar-refractivity contribution in [2.75, 3.05) is 26.2 Å². The number of hydrogen-bond acceptors (Lipinski definition) is 2. The predicted molar refractivity (Wildman–Crippen MR) is 123 cm³/mol. The number of fused-ring (bicyclic) bond motifs is 2. The van der Waals surface area contributed by atoms with Crippen molar-refractivity contribution in [3.63, 3.8) is 0 Å². The Labute approximate surface area is 177 Å². The minimum atomic E-state index is 0.467. The number of nitrogens with one attached hydrogen (secondary N) is 2. The zero-order valence-electron chi connectivity index (χ0n) is 18.2. The van der Waals surface area contributed by atoms with Crippen LogP contribution in [0.5, 0.6) is 0 Å². The van der Waals surface area contributed by atoms with Gasteiger partial charge in [0.2, 0.25) is 0 Å². The van der Waals surface area contributed by atoms with Gasteiger partial charge in [0.15, 0.2) is 0 Å². The number of rotatable bonds is 10. The highest BCUT2D eigenvalue weighted by atomic mass is 14.9. The van der Waals surface area contributed by atoms with Crippen LogP contribution >= 0.6 is 0 Å². The van der Waals surface area contributed by atoms with Crippen molar-refractivity contribution in [3.8, 4) is 0 Å². The average molecular weight is 391 g/mol. The van der Waals surface area contributed by atoms with E-state index in [1.165, 1.54) is 36.9 Å². The van der Waals surface area contributed by atoms with Crippen LogP contribution in [0.3, 0.4) is 0 Å². The smallest absolute Gasteiger partial charge is 0.0101 e. The molecule has 2 aromatic rings. The second-order valence-corrected chi connectivity index (χ2v) is 9.81. The van der Waals surface area contributed by atoms with Crippen molar-refractivity contribution in [1.29, 1.82) is 0 Å². The second-order valence-electron chi connectivity index (χ2n) is 9.81. The summed E-state index contributed by atoms with van der Waals surface area (Å²) < 4.78 is 0. The lowest BCUT2D eigenvalue weighted by Crippen LogP contribution is -2.54. The van der Waals surface area contributed by atoms with Crippen LogP contribution in [-0.4, -0.2) is 26.2 Å². The van der Waals surface area contributed by atoms with Gasteiger partial charge < -0.3 is 10.6 Å². The molecule has 5 rings (SSSR count). The van der Waals surface area contributed by atoms with Crippen molar-refractivity contribution < 1.29 is 0 Å². The first kappa shape index (κ1) is 20.6. The Bertz CT molecular complexity index is 698. The van der Waals surface area contributed by atoms with Gasteiger partial charge in [-0.25, -0.2) is 0 Å². The van der Waals surface area contributed by atoms with Crippen LogP contribution in [0.1, 0.15) is 56.6 Å². The lowest BCUT2D eigenvalue weighted by Gasteiger charge is -2.60. The van der Waals surface area contributed by atoms with Gasteiger partial charge >= 0.3 is 0 Å². The summed E-state index contributed by atoms with van der Waals surface area (Å²) in [6.07, 6.45) is 5.51. The third kappa shape index (κ3) is 4.75. The van der Waals surface area contributed by atoms with Crippen LogP contribution in [0.4, 0.5) is 0 Å². The molecule has 3 atom stereocenters. The zero-order chi connectivity index (χ0) is 20.1. The van der Waals surface area contributed by atoms with Crippen LogP contribution in [-0.2, 0) is 0 Å². The van der Waals surface area contributed by atoms with Gasteiger partial charge in [-0.05, 0) is 73.1 Å². The van der Waals surface area contributed by atoms with Gasteiger partial charge in [0.25, 0.3) is 0 Å². The van der Waals surface area contributed by atoms with Gasteiger partial charge in [-0.1, -0.05) is 74.5 Å². The standard InChI is InChI=1S/C27H38N2/c1-27(2)24-14-13-23(26(27)19-24)20-29-18-17-28-16-15-25(21-9-5-3-6-10-21)22-11-7-4-8-12-22/h3-12,23-26,28-29H,13-20H2,1-2H3. The summed E-state index contributed by atoms with van der Waals surface area (Å²) in [5.74, 6) is 3.33. The number of benzene rings is 2. The van der Waals surface area contributed by atoms with E-state index in [9.17, 15) is 0 Å². The van der Waals surface area contributed by atoms with Crippen molar-refractivity contribution in [3.05, 3.63) is 71.8 Å². The van der Waals surface area contributed by atoms with Crippen LogP contribution in [0, 0.1) is 23.2 Å². The number of hydrogen-bond donors (Lipinski definition) is 2. The lowest BCUT2D eigenvalue weighted by atomic mass is 9.45. The Hall–Kier alpha value is -1.64. The van der Waals surface area contributed by atoms with Gasteiger partial charge in [-0.15, -0.1) is 0 Å². The fourth-order valence-corrected chi connectivity index (χ4v) is 5.94. The Morgan fingerprint density at radius 1 is 0.828 bits per heavy atom. The maximum Gasteiger partial charge on any atom is 0.0101 e. The molecular formula is C27H38N2. The zero-order valence-corrected chi connectivity index (χ0v) is 18.2. The van der Waals surface area contributed by atoms with Crippen molar-refractivity contribution >= 4 is 0 Å². The minimum absolute atomic E-state index is 0.467. The highest BCUT2D eigenvalue weighted by Crippen LogP contribution is 2.61. The Kier molecular flexibility index (Phi) is 6.72. The molecule has 2 nitrogen and oxygen atoms in total. The van der Waals surface area contributed by atoms with Crippen molar-refractivity contribution in [2.24, 2.45) is 23.2 Å². The van der Waals surface area contributed by atoms with E-state index in [0.717, 1.165) is 43.8 Å². The highest BCUT2D eigenvalue weighted by molar-refractivity contribution is 5.32. The summed E-state index contributed by atoms with van der Waals surface area (Å²) in [4.78, 5) is 0. The summed E-state index contributed by atoms with van der Waals surface area (Å²) in [5, 5.41) is 7.40. The molecule has 0 aromatic heterocycles. The third-order valence-electron chi connectivity index (χ3n) is 7.90. The topological polar surface area (TPSA) is 24.1 Å². The molecule has 156 valence electrons. The second kappa shape index (κ2) is 9.45. The van der Waals surface area contributed by atoms with E-state index in [2.05, 4.69) is 85.1 Å². The quantitative estimate of drug-likeness (QED) is 0.526. The van der Waals surface area contributed by atoms with Crippen molar-refractivity contribution in [1.82, 2.24) is 10.6 Å². The molecule has 2 aromatic carbocycles. The van der Waals surface area contributed by atoms with E-state index >= 15 is 0 Å². The SMILES string of the molecule is CC1(C)C2CCC(CNCCNCCC(c3ccccc3)c3ccccc3)C1C2. The third-order valence-corrected chi connectivity index (χ3v) is 7.90. The molecular weight excluding hydrogens is 352 g/mol. The molecule has 0 aliphatic heterocycles. The fourth-order valence-electron chi connectivity index (χ4n) is 5.94. The van der Waals surface area contributed by atoms with Gasteiger partial charge in [0.1, 0.15) is 0 Å². The fraction of sp³-hybridized carbons (Fsp3) is 0.556. The molecule has 2 heteroatoms. The van der Waals surface area contributed by atoms with Crippen molar-refractivity contribution in [2.45, 2.75) is 45.4 Å². The first-order valence-corrected chi connectivity index (χ1v) is 11.7. The molecule has 2 bridgehead atoms. The Balaban J connectivity index is 1.17. The molecule has 2 N–H and O–H groups in total. The monoisotopic (exact) mass is 390 g/mol.